The van der Waals surface area contributed by atoms with Crippen molar-refractivity contribution in [2.75, 3.05) is 25.1 Å². The molecule has 0 atom stereocenters. The number of nitrogens with zero attached hydrogens (tertiary/aromatic N) is 2. The summed E-state index contributed by atoms with van der Waals surface area (Å²) in [6, 6.07) is 14.0. The quantitative estimate of drug-likeness (QED) is 0.708. The maximum absolute atomic E-state index is 12.3. The second-order valence-electron chi connectivity index (χ2n) is 6.09. The van der Waals surface area contributed by atoms with Crippen LogP contribution in [0.15, 0.2) is 60.9 Å². The Hall–Kier alpha value is -3.81. The number of aromatic nitrogens is 2. The monoisotopic (exact) mass is 378 g/mol. The Labute approximate surface area is 161 Å². The summed E-state index contributed by atoms with van der Waals surface area (Å²) in [6.07, 6.45) is 3.53. The van der Waals surface area contributed by atoms with Gasteiger partial charge in [-0.15, -0.1) is 0 Å². The molecule has 0 unspecified atom stereocenters. The van der Waals surface area contributed by atoms with Crippen molar-refractivity contribution in [3.05, 3.63) is 66.5 Å². The first kappa shape index (κ1) is 17.6. The van der Waals surface area contributed by atoms with E-state index in [1.54, 1.807) is 41.2 Å². The Morgan fingerprint density at radius 3 is 2.57 bits per heavy atom. The van der Waals surface area contributed by atoms with E-state index in [0.29, 0.717) is 36.0 Å². The molecule has 8 nitrogen and oxygen atoms in total. The van der Waals surface area contributed by atoms with Crippen molar-refractivity contribution in [1.82, 2.24) is 15.1 Å². The van der Waals surface area contributed by atoms with Gasteiger partial charge in [0.05, 0.1) is 12.2 Å². The van der Waals surface area contributed by atoms with E-state index in [2.05, 4.69) is 15.7 Å². The summed E-state index contributed by atoms with van der Waals surface area (Å²) in [6.45, 7) is 0.787. The lowest BCUT2D eigenvalue weighted by Gasteiger charge is -2.18. The van der Waals surface area contributed by atoms with E-state index in [9.17, 15) is 9.59 Å². The van der Waals surface area contributed by atoms with Crippen LogP contribution in [-0.2, 0) is 4.79 Å². The minimum atomic E-state index is -0.360. The predicted octanol–water partition coefficient (Wildman–Crippen LogP) is 2.01. The fourth-order valence-corrected chi connectivity index (χ4v) is 2.77. The summed E-state index contributed by atoms with van der Waals surface area (Å²) in [5, 5.41) is 9.49. The van der Waals surface area contributed by atoms with Crippen molar-refractivity contribution in [2.24, 2.45) is 0 Å². The number of carbonyl (C=O) groups is 2. The summed E-state index contributed by atoms with van der Waals surface area (Å²) < 4.78 is 12.6. The standard InChI is InChI=1S/C20H18N4O4/c25-19(23-15-3-5-16(6-4-15)24-9-1-8-22-24)13-21-20(26)14-2-7-17-18(12-14)28-11-10-27-17/h1-9,12H,10-11,13H2,(H,21,26)(H,23,25). The molecule has 0 saturated carbocycles. The van der Waals surface area contributed by atoms with Gasteiger partial charge in [0.2, 0.25) is 5.91 Å². The van der Waals surface area contributed by atoms with E-state index >= 15 is 0 Å². The van der Waals surface area contributed by atoms with E-state index in [1.807, 2.05) is 24.4 Å². The molecule has 0 spiro atoms. The number of rotatable bonds is 5. The Morgan fingerprint density at radius 2 is 1.82 bits per heavy atom. The van der Waals surface area contributed by atoms with Gasteiger partial charge in [0.1, 0.15) is 13.2 Å². The third-order valence-corrected chi connectivity index (χ3v) is 4.13. The third kappa shape index (κ3) is 3.96. The Morgan fingerprint density at radius 1 is 1.04 bits per heavy atom. The average Bonchev–Trinajstić information content (AvgIpc) is 3.27. The lowest BCUT2D eigenvalue weighted by molar-refractivity contribution is -0.115. The molecule has 3 aromatic rings. The van der Waals surface area contributed by atoms with Gasteiger partial charge in [-0.1, -0.05) is 0 Å². The highest BCUT2D eigenvalue weighted by molar-refractivity contribution is 5.99. The SMILES string of the molecule is O=C(CNC(=O)c1ccc2c(c1)OCCO2)Nc1ccc(-n2cccn2)cc1. The normalized spacial score (nSPS) is 12.3. The van der Waals surface area contributed by atoms with E-state index in [4.69, 9.17) is 9.47 Å². The van der Waals surface area contributed by atoms with Crippen LogP contribution in [0.3, 0.4) is 0 Å². The van der Waals surface area contributed by atoms with Crippen molar-refractivity contribution >= 4 is 17.5 Å². The molecule has 0 radical (unpaired) electrons. The summed E-state index contributed by atoms with van der Waals surface area (Å²) >= 11 is 0. The topological polar surface area (TPSA) is 94.5 Å². The zero-order valence-electron chi connectivity index (χ0n) is 14.9. The summed E-state index contributed by atoms with van der Waals surface area (Å²) in [5.41, 5.74) is 1.92. The molecule has 2 amide bonds. The van der Waals surface area contributed by atoms with Gasteiger partial charge in [0.25, 0.3) is 5.91 Å². The fourth-order valence-electron chi connectivity index (χ4n) is 2.77. The van der Waals surface area contributed by atoms with Crippen molar-refractivity contribution in [3.63, 3.8) is 0 Å². The number of fused-ring (bicyclic) bond motifs is 1. The van der Waals surface area contributed by atoms with Crippen molar-refractivity contribution < 1.29 is 19.1 Å². The van der Waals surface area contributed by atoms with Crippen molar-refractivity contribution in [1.29, 1.82) is 0 Å². The number of amides is 2. The van der Waals surface area contributed by atoms with Crippen LogP contribution in [-0.4, -0.2) is 41.4 Å². The Balaban J connectivity index is 1.31. The van der Waals surface area contributed by atoms with E-state index in [-0.39, 0.29) is 18.4 Å². The summed E-state index contributed by atoms with van der Waals surface area (Å²) in [4.78, 5) is 24.4. The van der Waals surface area contributed by atoms with Crippen LogP contribution in [0.25, 0.3) is 5.69 Å². The molecule has 2 heterocycles. The fraction of sp³-hybridized carbons (Fsp3) is 0.150. The highest BCUT2D eigenvalue weighted by Crippen LogP contribution is 2.30. The summed E-state index contributed by atoms with van der Waals surface area (Å²) in [7, 11) is 0. The smallest absolute Gasteiger partial charge is 0.251 e. The molecule has 4 rings (SSSR count). The largest absolute Gasteiger partial charge is 0.486 e. The van der Waals surface area contributed by atoms with Gasteiger partial charge in [-0.05, 0) is 48.5 Å². The predicted molar refractivity (Wildman–Crippen MR) is 102 cm³/mol. The van der Waals surface area contributed by atoms with Gasteiger partial charge in [0.15, 0.2) is 11.5 Å². The lowest BCUT2D eigenvalue weighted by atomic mass is 10.2. The van der Waals surface area contributed by atoms with Gasteiger partial charge in [-0.2, -0.15) is 5.10 Å². The molecule has 2 N–H and O–H groups in total. The zero-order chi connectivity index (χ0) is 19.3. The molecule has 0 aliphatic carbocycles. The van der Waals surface area contributed by atoms with Crippen molar-refractivity contribution in [3.8, 4) is 17.2 Å². The number of ether oxygens (including phenoxy) is 2. The third-order valence-electron chi connectivity index (χ3n) is 4.13. The zero-order valence-corrected chi connectivity index (χ0v) is 14.9. The first-order chi connectivity index (χ1) is 13.7. The van der Waals surface area contributed by atoms with Gasteiger partial charge in [-0.3, -0.25) is 9.59 Å². The summed E-state index contributed by atoms with van der Waals surface area (Å²) in [5.74, 6) is 0.457. The number of anilines is 1. The van der Waals surface area contributed by atoms with Crippen LogP contribution in [0.1, 0.15) is 10.4 Å². The van der Waals surface area contributed by atoms with Crippen LogP contribution in [0.2, 0.25) is 0 Å². The molecule has 2 aromatic carbocycles. The molecule has 0 fully saturated rings. The second kappa shape index (κ2) is 7.83. The minimum absolute atomic E-state index is 0.145. The Bertz CT molecular complexity index is 984. The van der Waals surface area contributed by atoms with Gasteiger partial charge < -0.3 is 20.1 Å². The lowest BCUT2D eigenvalue weighted by Crippen LogP contribution is -2.32. The van der Waals surface area contributed by atoms with Gasteiger partial charge in [0, 0.05) is 23.6 Å². The molecule has 0 saturated heterocycles. The second-order valence-corrected chi connectivity index (χ2v) is 6.09. The van der Waals surface area contributed by atoms with Crippen LogP contribution in [0.5, 0.6) is 11.5 Å². The van der Waals surface area contributed by atoms with Gasteiger partial charge >= 0.3 is 0 Å². The van der Waals surface area contributed by atoms with Gasteiger partial charge in [-0.25, -0.2) is 4.68 Å². The molecule has 142 valence electrons. The Kier molecular flexibility index (Phi) is 4.92. The van der Waals surface area contributed by atoms with Crippen LogP contribution in [0.4, 0.5) is 5.69 Å². The number of benzene rings is 2. The first-order valence-corrected chi connectivity index (χ1v) is 8.77. The van der Waals surface area contributed by atoms with Crippen LogP contribution < -0.4 is 20.1 Å². The van der Waals surface area contributed by atoms with E-state index < -0.39 is 0 Å². The van der Waals surface area contributed by atoms with Crippen LogP contribution in [0, 0.1) is 0 Å². The number of hydrogen-bond acceptors (Lipinski definition) is 5. The van der Waals surface area contributed by atoms with Crippen LogP contribution >= 0.6 is 0 Å². The molecule has 1 aliphatic rings. The molecule has 1 aromatic heterocycles. The average molecular weight is 378 g/mol. The highest BCUT2D eigenvalue weighted by Gasteiger charge is 2.15. The number of hydrogen-bond donors (Lipinski definition) is 2. The molecule has 8 heteroatoms. The first-order valence-electron chi connectivity index (χ1n) is 8.77. The molecule has 28 heavy (non-hydrogen) atoms. The number of nitrogens with one attached hydrogen (secondary N) is 2. The highest BCUT2D eigenvalue weighted by atomic mass is 16.6. The van der Waals surface area contributed by atoms with E-state index in [1.165, 1.54) is 0 Å². The molecule has 0 bridgehead atoms. The molecular formula is C20H18N4O4. The molecule has 1 aliphatic heterocycles. The minimum Gasteiger partial charge on any atom is -0.486 e. The maximum atomic E-state index is 12.3. The number of carbonyl (C=O) groups excluding carboxylic acids is 2. The van der Waals surface area contributed by atoms with Crippen molar-refractivity contribution in [2.45, 2.75) is 0 Å². The van der Waals surface area contributed by atoms with E-state index in [0.717, 1.165) is 5.69 Å². The molecular weight excluding hydrogens is 360 g/mol. The maximum Gasteiger partial charge on any atom is 0.251 e.